The number of carbonyl (C=O) groups excluding carboxylic acids is 1. The van der Waals surface area contributed by atoms with Crippen molar-refractivity contribution < 1.29 is 19.0 Å². The van der Waals surface area contributed by atoms with E-state index in [1.807, 2.05) is 11.0 Å². The van der Waals surface area contributed by atoms with Crippen LogP contribution in [0.1, 0.15) is 31.4 Å². The van der Waals surface area contributed by atoms with Gasteiger partial charge in [0, 0.05) is 38.2 Å². The lowest BCUT2D eigenvalue weighted by Crippen LogP contribution is -2.52. The van der Waals surface area contributed by atoms with Crippen molar-refractivity contribution in [2.45, 2.75) is 31.8 Å². The maximum absolute atomic E-state index is 12.8. The molecule has 1 aromatic carbocycles. The van der Waals surface area contributed by atoms with Crippen molar-refractivity contribution in [3.05, 3.63) is 36.0 Å². The molecule has 1 amide bonds. The van der Waals surface area contributed by atoms with Gasteiger partial charge in [-0.15, -0.1) is 5.10 Å². The normalized spacial score (nSPS) is 19.2. The fraction of sp³-hybridized carbons (Fsp3) is 0.476. The Morgan fingerprint density at radius 1 is 1.07 bits per heavy atom. The Morgan fingerprint density at radius 3 is 2.59 bits per heavy atom. The van der Waals surface area contributed by atoms with Crippen LogP contribution in [0.2, 0.25) is 0 Å². The van der Waals surface area contributed by atoms with Gasteiger partial charge < -0.3 is 24.0 Å². The zero-order chi connectivity index (χ0) is 19.8. The number of amides is 1. The average Bonchev–Trinajstić information content (AvgIpc) is 3.51. The number of hydrogen-bond acceptors (Lipinski definition) is 7. The molecule has 3 aliphatic rings. The van der Waals surface area contributed by atoms with Gasteiger partial charge in [-0.25, -0.2) is 0 Å². The Bertz CT molecular complexity index is 892. The van der Waals surface area contributed by atoms with Gasteiger partial charge in [0.1, 0.15) is 5.75 Å². The van der Waals surface area contributed by atoms with Crippen LogP contribution in [0.15, 0.2) is 30.3 Å². The molecule has 29 heavy (non-hydrogen) atoms. The molecule has 2 aromatic rings. The van der Waals surface area contributed by atoms with Gasteiger partial charge in [-0.2, -0.15) is 5.10 Å². The highest BCUT2D eigenvalue weighted by Gasteiger charge is 2.28. The Labute approximate surface area is 169 Å². The Morgan fingerprint density at radius 2 is 1.86 bits per heavy atom. The maximum Gasteiger partial charge on any atom is 0.263 e. The van der Waals surface area contributed by atoms with E-state index in [0.717, 1.165) is 24.6 Å². The summed E-state index contributed by atoms with van der Waals surface area (Å²) in [7, 11) is 0. The Hall–Kier alpha value is -3.03. The first-order valence-electron chi connectivity index (χ1n) is 10.1. The second-order valence-corrected chi connectivity index (χ2v) is 7.68. The number of rotatable bonds is 5. The van der Waals surface area contributed by atoms with Crippen LogP contribution in [0.5, 0.6) is 17.2 Å². The number of carbonyl (C=O) groups is 1. The molecule has 2 fully saturated rings. The van der Waals surface area contributed by atoms with E-state index in [0.29, 0.717) is 36.3 Å². The summed E-state index contributed by atoms with van der Waals surface area (Å²) < 4.78 is 16.5. The predicted molar refractivity (Wildman–Crippen MR) is 105 cm³/mol. The number of piperazine rings is 1. The quantitative estimate of drug-likeness (QED) is 0.767. The van der Waals surface area contributed by atoms with Gasteiger partial charge in [-0.3, -0.25) is 4.79 Å². The Kier molecular flexibility index (Phi) is 4.61. The number of hydrogen-bond donors (Lipinski definition) is 0. The molecule has 1 unspecified atom stereocenters. The maximum atomic E-state index is 12.8. The molecule has 0 radical (unpaired) electrons. The molecule has 2 aliphatic heterocycles. The highest BCUT2D eigenvalue weighted by atomic mass is 16.7. The van der Waals surface area contributed by atoms with Crippen molar-refractivity contribution in [3.8, 4) is 17.2 Å². The van der Waals surface area contributed by atoms with Crippen molar-refractivity contribution >= 4 is 11.7 Å². The highest BCUT2D eigenvalue weighted by molar-refractivity contribution is 5.81. The molecule has 1 aliphatic carbocycles. The zero-order valence-electron chi connectivity index (χ0n) is 16.4. The second kappa shape index (κ2) is 7.42. The lowest BCUT2D eigenvalue weighted by atomic mass is 10.2. The van der Waals surface area contributed by atoms with E-state index in [9.17, 15) is 4.79 Å². The number of ether oxygens (including phenoxy) is 3. The molecule has 8 nitrogen and oxygen atoms in total. The van der Waals surface area contributed by atoms with Crippen LogP contribution in [0.25, 0.3) is 0 Å². The molecule has 1 aromatic heterocycles. The fourth-order valence-corrected chi connectivity index (χ4v) is 3.72. The van der Waals surface area contributed by atoms with Gasteiger partial charge >= 0.3 is 0 Å². The van der Waals surface area contributed by atoms with Crippen molar-refractivity contribution in [2.24, 2.45) is 0 Å². The lowest BCUT2D eigenvalue weighted by molar-refractivity contribution is -0.138. The molecule has 0 spiro atoms. The predicted octanol–water partition coefficient (Wildman–Crippen LogP) is 2.20. The fourth-order valence-electron chi connectivity index (χ4n) is 3.72. The SMILES string of the molecule is CC(Oc1ccc2c(c1)OCO2)C(=O)N1CCN(c2ccc(C3CC3)nn2)CC1. The zero-order valence-corrected chi connectivity index (χ0v) is 16.4. The monoisotopic (exact) mass is 396 g/mol. The summed E-state index contributed by atoms with van der Waals surface area (Å²) in [5.41, 5.74) is 1.09. The van der Waals surface area contributed by atoms with Gasteiger partial charge in [0.05, 0.1) is 5.69 Å². The second-order valence-electron chi connectivity index (χ2n) is 7.68. The number of benzene rings is 1. The van der Waals surface area contributed by atoms with Gasteiger partial charge in [-0.05, 0) is 44.0 Å². The van der Waals surface area contributed by atoms with Crippen molar-refractivity contribution in [3.63, 3.8) is 0 Å². The minimum Gasteiger partial charge on any atom is -0.481 e. The van der Waals surface area contributed by atoms with Crippen molar-refractivity contribution in [1.82, 2.24) is 15.1 Å². The molecular weight excluding hydrogens is 372 g/mol. The third kappa shape index (κ3) is 3.79. The molecular formula is C21H24N4O4. The van der Waals surface area contributed by atoms with E-state index in [1.54, 1.807) is 25.1 Å². The van der Waals surface area contributed by atoms with Gasteiger partial charge in [0.25, 0.3) is 5.91 Å². The van der Waals surface area contributed by atoms with E-state index in [4.69, 9.17) is 14.2 Å². The minimum absolute atomic E-state index is 0.0162. The smallest absolute Gasteiger partial charge is 0.263 e. The van der Waals surface area contributed by atoms with Crippen LogP contribution in [0.3, 0.4) is 0 Å². The third-order valence-electron chi connectivity index (χ3n) is 5.59. The summed E-state index contributed by atoms with van der Waals surface area (Å²) in [6, 6.07) is 9.47. The van der Waals surface area contributed by atoms with E-state index < -0.39 is 6.10 Å². The Balaban J connectivity index is 1.15. The summed E-state index contributed by atoms with van der Waals surface area (Å²) >= 11 is 0. The first-order valence-corrected chi connectivity index (χ1v) is 10.1. The van der Waals surface area contributed by atoms with Crippen LogP contribution in [-0.4, -0.2) is 60.1 Å². The topological polar surface area (TPSA) is 77.0 Å². The van der Waals surface area contributed by atoms with E-state index in [2.05, 4.69) is 21.2 Å². The standard InChI is InChI=1S/C21H24N4O4/c1-14(29-16-4-6-18-19(12-16)28-13-27-18)21(26)25-10-8-24(9-11-25)20-7-5-17(22-23-20)15-2-3-15/h4-7,12,14-15H,2-3,8-11,13H2,1H3. The average molecular weight is 396 g/mol. The molecule has 8 heteroatoms. The molecule has 3 heterocycles. The summed E-state index contributed by atoms with van der Waals surface area (Å²) in [5.74, 6) is 3.41. The number of nitrogens with zero attached hydrogens (tertiary/aromatic N) is 4. The molecule has 0 bridgehead atoms. The van der Waals surface area contributed by atoms with Gasteiger partial charge in [0.2, 0.25) is 6.79 Å². The molecule has 0 N–H and O–H groups in total. The van der Waals surface area contributed by atoms with Gasteiger partial charge in [-0.1, -0.05) is 0 Å². The van der Waals surface area contributed by atoms with Crippen LogP contribution >= 0.6 is 0 Å². The van der Waals surface area contributed by atoms with E-state index in [1.165, 1.54) is 12.8 Å². The number of fused-ring (bicyclic) bond motifs is 1. The molecule has 5 rings (SSSR count). The molecule has 1 saturated heterocycles. The lowest BCUT2D eigenvalue weighted by Gasteiger charge is -2.36. The van der Waals surface area contributed by atoms with Crippen LogP contribution in [0.4, 0.5) is 5.82 Å². The first kappa shape index (κ1) is 18.0. The molecule has 1 atom stereocenters. The van der Waals surface area contributed by atoms with Crippen LogP contribution in [-0.2, 0) is 4.79 Å². The highest BCUT2D eigenvalue weighted by Crippen LogP contribution is 2.39. The van der Waals surface area contributed by atoms with E-state index >= 15 is 0 Å². The third-order valence-corrected chi connectivity index (χ3v) is 5.59. The minimum atomic E-state index is -0.570. The summed E-state index contributed by atoms with van der Waals surface area (Å²) in [5, 5.41) is 8.74. The largest absolute Gasteiger partial charge is 0.481 e. The summed E-state index contributed by atoms with van der Waals surface area (Å²) in [6.07, 6.45) is 1.88. The number of aromatic nitrogens is 2. The van der Waals surface area contributed by atoms with Gasteiger partial charge in [0.15, 0.2) is 23.4 Å². The number of anilines is 1. The van der Waals surface area contributed by atoms with E-state index in [-0.39, 0.29) is 12.7 Å². The molecule has 152 valence electrons. The summed E-state index contributed by atoms with van der Waals surface area (Å²) in [4.78, 5) is 16.8. The summed E-state index contributed by atoms with van der Waals surface area (Å²) in [6.45, 7) is 4.74. The van der Waals surface area contributed by atoms with Crippen molar-refractivity contribution in [2.75, 3.05) is 37.9 Å². The first-order chi connectivity index (χ1) is 14.2. The van der Waals surface area contributed by atoms with Crippen LogP contribution < -0.4 is 19.1 Å². The van der Waals surface area contributed by atoms with Crippen LogP contribution in [0, 0.1) is 0 Å². The van der Waals surface area contributed by atoms with Crippen molar-refractivity contribution in [1.29, 1.82) is 0 Å². The molecule has 1 saturated carbocycles.